The van der Waals surface area contributed by atoms with Gasteiger partial charge < -0.3 is 18.1 Å². The normalized spacial score (nSPS) is 14.0. The highest BCUT2D eigenvalue weighted by molar-refractivity contribution is 6.87. The highest BCUT2D eigenvalue weighted by atomic mass is 28.5. The van der Waals surface area contributed by atoms with Crippen LogP contribution >= 0.6 is 0 Å². The Hall–Kier alpha value is 0.491. The molecule has 0 saturated carbocycles. The van der Waals surface area contributed by atoms with Gasteiger partial charge in [0.15, 0.2) is 16.6 Å². The number of aliphatic hydroxyl groups is 1. The lowest BCUT2D eigenvalue weighted by atomic mass is 10.5. The molecule has 0 aromatic carbocycles. The van der Waals surface area contributed by atoms with E-state index in [1.54, 1.807) is 0 Å². The average molecular weight is 311 g/mol. The molecule has 0 aliphatic carbocycles. The Kier molecular flexibility index (Phi) is 7.52. The van der Waals surface area contributed by atoms with E-state index < -0.39 is 25.2 Å². The van der Waals surface area contributed by atoms with Gasteiger partial charge in [-0.2, -0.15) is 0 Å². The highest BCUT2D eigenvalue weighted by Gasteiger charge is 2.39. The minimum atomic E-state index is -2.11. The maximum atomic E-state index is 8.61. The zero-order valence-electron chi connectivity index (χ0n) is 13.0. The third-order valence-corrected chi connectivity index (χ3v) is 11.7. The second-order valence-electron chi connectivity index (χ2n) is 6.70. The molecule has 0 aliphatic rings. The largest absolute Gasteiger partial charge is 0.437 e. The van der Waals surface area contributed by atoms with Crippen LogP contribution < -0.4 is 0 Å². The van der Waals surface area contributed by atoms with Gasteiger partial charge in [-0.3, -0.25) is 0 Å². The van der Waals surface area contributed by atoms with Gasteiger partial charge in [0.2, 0.25) is 0 Å². The van der Waals surface area contributed by atoms with Crippen molar-refractivity contribution in [2.75, 3.05) is 13.4 Å². The minimum absolute atomic E-state index is 0.206. The van der Waals surface area contributed by atoms with Crippen LogP contribution in [0.5, 0.6) is 0 Å². The van der Waals surface area contributed by atoms with Crippen LogP contribution in [0.4, 0.5) is 0 Å². The van der Waals surface area contributed by atoms with Crippen LogP contribution in [0.25, 0.3) is 0 Å². The SMILES string of the molecule is C[Si](C)(C)O[Si](C)(CCCOCO)O[Si](C)(C)C. The zero-order valence-corrected chi connectivity index (χ0v) is 16.0. The van der Waals surface area contributed by atoms with Crippen molar-refractivity contribution in [2.24, 2.45) is 0 Å². The van der Waals surface area contributed by atoms with Crippen molar-refractivity contribution >= 4 is 25.2 Å². The van der Waals surface area contributed by atoms with E-state index in [0.29, 0.717) is 6.61 Å². The van der Waals surface area contributed by atoms with Crippen molar-refractivity contribution in [1.29, 1.82) is 0 Å². The maximum absolute atomic E-state index is 8.61. The van der Waals surface area contributed by atoms with Gasteiger partial charge in [0.1, 0.15) is 6.79 Å². The van der Waals surface area contributed by atoms with Gasteiger partial charge >= 0.3 is 8.56 Å². The first-order valence-corrected chi connectivity index (χ1v) is 15.9. The van der Waals surface area contributed by atoms with E-state index >= 15 is 0 Å². The van der Waals surface area contributed by atoms with Gasteiger partial charge in [0.25, 0.3) is 0 Å². The van der Waals surface area contributed by atoms with Crippen LogP contribution in [-0.2, 0) is 13.0 Å². The molecule has 0 unspecified atom stereocenters. The summed E-state index contributed by atoms with van der Waals surface area (Å²) in [5.41, 5.74) is 0. The van der Waals surface area contributed by atoms with Crippen molar-refractivity contribution in [3.05, 3.63) is 0 Å². The molecule has 0 aliphatic heterocycles. The third-order valence-electron chi connectivity index (χ3n) is 2.06. The second-order valence-corrected chi connectivity index (χ2v) is 19.6. The Morgan fingerprint density at radius 3 is 1.61 bits per heavy atom. The molecule has 0 radical (unpaired) electrons. The van der Waals surface area contributed by atoms with E-state index in [-0.39, 0.29) is 6.79 Å². The lowest BCUT2D eigenvalue weighted by Gasteiger charge is -2.38. The lowest BCUT2D eigenvalue weighted by Crippen LogP contribution is -2.52. The molecule has 0 aromatic rings. The van der Waals surface area contributed by atoms with Crippen molar-refractivity contribution < 1.29 is 18.1 Å². The molecule has 1 N–H and O–H groups in total. The molecule has 0 heterocycles. The van der Waals surface area contributed by atoms with E-state index in [9.17, 15) is 0 Å². The summed E-state index contributed by atoms with van der Waals surface area (Å²) >= 11 is 0. The molecule has 0 atom stereocenters. The number of ether oxygens (including phenoxy) is 1. The topological polar surface area (TPSA) is 47.9 Å². The Morgan fingerprint density at radius 1 is 0.833 bits per heavy atom. The summed E-state index contributed by atoms with van der Waals surface area (Å²) in [5, 5.41) is 8.61. The molecule has 0 rings (SSSR count). The molecule has 0 bridgehead atoms. The van der Waals surface area contributed by atoms with Crippen molar-refractivity contribution in [3.8, 4) is 0 Å². The van der Waals surface area contributed by atoms with Crippen LogP contribution in [0, 0.1) is 0 Å². The maximum Gasteiger partial charge on any atom is 0.314 e. The van der Waals surface area contributed by atoms with Crippen LogP contribution in [0.2, 0.25) is 51.9 Å². The molecule has 4 nitrogen and oxygen atoms in total. The van der Waals surface area contributed by atoms with Gasteiger partial charge in [-0.25, -0.2) is 0 Å². The standard InChI is InChI=1S/C11H30O4Si3/c1-16(2,3)14-18(7,15-17(4,5)6)10-8-9-13-11-12/h12H,8-11H2,1-7H3. The van der Waals surface area contributed by atoms with Gasteiger partial charge in [-0.15, -0.1) is 0 Å². The van der Waals surface area contributed by atoms with Crippen molar-refractivity contribution in [2.45, 2.75) is 58.3 Å². The first-order valence-electron chi connectivity index (χ1n) is 6.56. The predicted molar refractivity (Wildman–Crippen MR) is 82.9 cm³/mol. The minimum Gasteiger partial charge on any atom is -0.437 e. The average Bonchev–Trinajstić information content (AvgIpc) is 2.05. The Bertz CT molecular complexity index is 219. The van der Waals surface area contributed by atoms with Gasteiger partial charge in [0.05, 0.1) is 0 Å². The van der Waals surface area contributed by atoms with E-state index in [4.69, 9.17) is 18.1 Å². The summed E-state index contributed by atoms with van der Waals surface area (Å²) in [6, 6.07) is 0.932. The third kappa shape index (κ3) is 10.4. The monoisotopic (exact) mass is 310 g/mol. The summed E-state index contributed by atoms with van der Waals surface area (Å²) in [6.07, 6.45) is 0.887. The number of hydrogen-bond donors (Lipinski definition) is 1. The molecule has 7 heteroatoms. The van der Waals surface area contributed by atoms with Crippen LogP contribution in [0.1, 0.15) is 6.42 Å². The molecule has 0 amide bonds. The van der Waals surface area contributed by atoms with E-state index in [0.717, 1.165) is 12.5 Å². The van der Waals surface area contributed by atoms with Crippen LogP contribution in [0.15, 0.2) is 0 Å². The smallest absolute Gasteiger partial charge is 0.314 e. The van der Waals surface area contributed by atoms with E-state index in [2.05, 4.69) is 45.8 Å². The van der Waals surface area contributed by atoms with Gasteiger partial charge in [0, 0.05) is 6.61 Å². The number of rotatable bonds is 9. The van der Waals surface area contributed by atoms with E-state index in [1.807, 2.05) is 0 Å². The molecular weight excluding hydrogens is 280 g/mol. The summed E-state index contributed by atoms with van der Waals surface area (Å²) < 4.78 is 17.7. The Morgan fingerprint density at radius 2 is 1.28 bits per heavy atom. The fraction of sp³-hybridized carbons (Fsp3) is 1.00. The quantitative estimate of drug-likeness (QED) is 0.404. The number of aliphatic hydroxyl groups excluding tert-OH is 1. The Balaban J connectivity index is 4.50. The number of hydrogen-bond acceptors (Lipinski definition) is 4. The highest BCUT2D eigenvalue weighted by Crippen LogP contribution is 2.25. The molecule has 0 aromatic heterocycles. The summed E-state index contributed by atoms with van der Waals surface area (Å²) in [7, 11) is -5.29. The second kappa shape index (κ2) is 7.32. The Labute approximate surface area is 115 Å². The first kappa shape index (κ1) is 18.5. The van der Waals surface area contributed by atoms with Crippen LogP contribution in [-0.4, -0.2) is 43.7 Å². The fourth-order valence-corrected chi connectivity index (χ4v) is 14.5. The molecule has 0 fully saturated rings. The molecule has 110 valence electrons. The lowest BCUT2D eigenvalue weighted by molar-refractivity contribution is -0.00133. The zero-order chi connectivity index (χ0) is 14.4. The summed E-state index contributed by atoms with van der Waals surface area (Å²) in [5.74, 6) is 0. The molecule has 18 heavy (non-hydrogen) atoms. The van der Waals surface area contributed by atoms with Gasteiger partial charge in [-0.05, 0) is 58.3 Å². The summed E-state index contributed by atoms with van der Waals surface area (Å²) in [6.45, 7) is 15.8. The van der Waals surface area contributed by atoms with Gasteiger partial charge in [-0.1, -0.05) is 0 Å². The summed E-state index contributed by atoms with van der Waals surface area (Å²) in [4.78, 5) is 0. The fourth-order valence-electron chi connectivity index (χ4n) is 1.98. The van der Waals surface area contributed by atoms with Crippen molar-refractivity contribution in [3.63, 3.8) is 0 Å². The molecular formula is C11H30O4Si3. The van der Waals surface area contributed by atoms with Crippen molar-refractivity contribution in [1.82, 2.24) is 0 Å². The predicted octanol–water partition coefficient (Wildman–Crippen LogP) is 3.12. The molecule has 0 saturated heterocycles. The first-order chi connectivity index (χ1) is 7.97. The van der Waals surface area contributed by atoms with E-state index in [1.165, 1.54) is 0 Å². The van der Waals surface area contributed by atoms with Crippen LogP contribution in [0.3, 0.4) is 0 Å². The molecule has 0 spiro atoms.